The largest absolute Gasteiger partial charge is 0.370 e. The summed E-state index contributed by atoms with van der Waals surface area (Å²) in [6.45, 7) is 2.50. The van der Waals surface area contributed by atoms with E-state index in [9.17, 15) is 9.59 Å². The van der Waals surface area contributed by atoms with Crippen LogP contribution in [0.4, 0.5) is 0 Å². The Morgan fingerprint density at radius 1 is 1.17 bits per heavy atom. The van der Waals surface area contributed by atoms with Crippen molar-refractivity contribution in [3.8, 4) is 0 Å². The number of carbonyl (C=O) groups excluding carboxylic acids is 2. The van der Waals surface area contributed by atoms with Gasteiger partial charge in [0.25, 0.3) is 0 Å². The Labute approximate surface area is 179 Å². The van der Waals surface area contributed by atoms with E-state index in [0.717, 1.165) is 37.7 Å². The molecule has 0 aliphatic heterocycles. The molecule has 8 heteroatoms. The zero-order chi connectivity index (χ0) is 21.9. The molecule has 8 nitrogen and oxygen atoms in total. The van der Waals surface area contributed by atoms with E-state index in [4.69, 9.17) is 17.2 Å². The van der Waals surface area contributed by atoms with Crippen molar-refractivity contribution in [1.82, 2.24) is 10.2 Å². The third-order valence-electron chi connectivity index (χ3n) is 5.49. The SMILES string of the molecule is C[C@H](N)C(=O)N(C1CCCCC1)[C@@H](CCCN=C(N)N)C(=O)NCc1ccccc1. The molecule has 7 N–H and O–H groups in total. The van der Waals surface area contributed by atoms with Gasteiger partial charge in [0.05, 0.1) is 6.04 Å². The molecule has 1 aromatic carbocycles. The lowest BCUT2D eigenvalue weighted by atomic mass is 9.91. The summed E-state index contributed by atoms with van der Waals surface area (Å²) >= 11 is 0. The fraction of sp³-hybridized carbons (Fsp3) is 0.591. The first kappa shape index (κ1) is 23.7. The van der Waals surface area contributed by atoms with Gasteiger partial charge in [-0.25, -0.2) is 0 Å². The van der Waals surface area contributed by atoms with Crippen molar-refractivity contribution in [2.24, 2.45) is 22.2 Å². The number of nitrogens with two attached hydrogens (primary N) is 3. The summed E-state index contributed by atoms with van der Waals surface area (Å²) in [7, 11) is 0. The lowest BCUT2D eigenvalue weighted by Crippen LogP contribution is -2.57. The standard InChI is InChI=1S/C22H36N6O2/c1-16(23)21(30)28(18-11-6-3-7-12-18)19(13-8-14-26-22(24)25)20(29)27-15-17-9-4-2-5-10-17/h2,4-5,9-10,16,18-19H,3,6-8,11-15,23H2,1H3,(H,27,29)(H4,24,25,26)/t16-,19-/m0/s1. The fourth-order valence-electron chi connectivity index (χ4n) is 3.97. The minimum Gasteiger partial charge on any atom is -0.370 e. The zero-order valence-electron chi connectivity index (χ0n) is 17.9. The van der Waals surface area contributed by atoms with Crippen molar-refractivity contribution >= 4 is 17.8 Å². The molecule has 1 saturated carbocycles. The molecule has 0 heterocycles. The van der Waals surface area contributed by atoms with E-state index < -0.39 is 12.1 Å². The van der Waals surface area contributed by atoms with Crippen LogP contribution in [-0.4, -0.2) is 47.3 Å². The Hall–Kier alpha value is -2.61. The molecule has 2 atom stereocenters. The van der Waals surface area contributed by atoms with Gasteiger partial charge in [0.2, 0.25) is 11.8 Å². The number of rotatable bonds is 10. The topological polar surface area (TPSA) is 140 Å². The molecule has 1 aliphatic rings. The minimum atomic E-state index is -0.658. The third-order valence-corrected chi connectivity index (χ3v) is 5.49. The van der Waals surface area contributed by atoms with Crippen molar-refractivity contribution < 1.29 is 9.59 Å². The van der Waals surface area contributed by atoms with E-state index in [-0.39, 0.29) is 23.8 Å². The van der Waals surface area contributed by atoms with E-state index >= 15 is 0 Å². The average Bonchev–Trinajstić information content (AvgIpc) is 2.75. The van der Waals surface area contributed by atoms with Crippen molar-refractivity contribution in [3.63, 3.8) is 0 Å². The molecule has 0 unspecified atom stereocenters. The van der Waals surface area contributed by atoms with E-state index in [1.54, 1.807) is 11.8 Å². The molecule has 0 aromatic heterocycles. The molecule has 0 spiro atoms. The van der Waals surface area contributed by atoms with Gasteiger partial charge in [0, 0.05) is 19.1 Å². The average molecular weight is 417 g/mol. The summed E-state index contributed by atoms with van der Waals surface area (Å²) in [6, 6.07) is 8.50. The lowest BCUT2D eigenvalue weighted by molar-refractivity contribution is -0.145. The molecule has 166 valence electrons. The molecule has 1 aromatic rings. The quantitative estimate of drug-likeness (QED) is 0.258. The Kier molecular flexibility index (Phi) is 9.60. The highest BCUT2D eigenvalue weighted by Gasteiger charge is 2.36. The van der Waals surface area contributed by atoms with Crippen LogP contribution < -0.4 is 22.5 Å². The first-order valence-corrected chi connectivity index (χ1v) is 10.8. The number of aliphatic imine (C=N–C) groups is 1. The van der Waals surface area contributed by atoms with Gasteiger partial charge in [0.15, 0.2) is 5.96 Å². The van der Waals surface area contributed by atoms with Crippen molar-refractivity contribution in [2.45, 2.75) is 76.5 Å². The maximum Gasteiger partial charge on any atom is 0.243 e. The van der Waals surface area contributed by atoms with Crippen LogP contribution in [0.2, 0.25) is 0 Å². The van der Waals surface area contributed by atoms with Crippen molar-refractivity contribution in [2.75, 3.05) is 6.54 Å². The van der Waals surface area contributed by atoms with Gasteiger partial charge in [-0.15, -0.1) is 0 Å². The molecule has 30 heavy (non-hydrogen) atoms. The number of benzene rings is 1. The maximum absolute atomic E-state index is 13.2. The molecule has 0 saturated heterocycles. The summed E-state index contributed by atoms with van der Waals surface area (Å²) < 4.78 is 0. The number of amides is 2. The predicted octanol–water partition coefficient (Wildman–Crippen LogP) is 1.23. The van der Waals surface area contributed by atoms with Gasteiger partial charge in [-0.05, 0) is 38.2 Å². The predicted molar refractivity (Wildman–Crippen MR) is 119 cm³/mol. The second-order valence-corrected chi connectivity index (χ2v) is 7.99. The Bertz CT molecular complexity index is 697. The van der Waals surface area contributed by atoms with Gasteiger partial charge in [-0.1, -0.05) is 49.6 Å². The van der Waals surface area contributed by atoms with Crippen molar-refractivity contribution in [1.29, 1.82) is 0 Å². The molecule has 1 aliphatic carbocycles. The van der Waals surface area contributed by atoms with Crippen LogP contribution in [0.3, 0.4) is 0 Å². The highest BCUT2D eigenvalue weighted by molar-refractivity contribution is 5.89. The van der Waals surface area contributed by atoms with Crippen LogP contribution in [0.1, 0.15) is 57.4 Å². The van der Waals surface area contributed by atoms with E-state index in [1.807, 2.05) is 30.3 Å². The highest BCUT2D eigenvalue weighted by Crippen LogP contribution is 2.26. The Morgan fingerprint density at radius 2 is 1.83 bits per heavy atom. The summed E-state index contributed by atoms with van der Waals surface area (Å²) in [5.74, 6) is -0.317. The van der Waals surface area contributed by atoms with Gasteiger partial charge in [0.1, 0.15) is 6.04 Å². The second-order valence-electron chi connectivity index (χ2n) is 7.99. The van der Waals surface area contributed by atoms with Gasteiger partial charge < -0.3 is 27.4 Å². The number of carbonyl (C=O) groups is 2. The molecule has 1 fully saturated rings. The maximum atomic E-state index is 13.2. The van der Waals surface area contributed by atoms with Gasteiger partial charge in [-0.2, -0.15) is 0 Å². The van der Waals surface area contributed by atoms with Crippen molar-refractivity contribution in [3.05, 3.63) is 35.9 Å². The fourth-order valence-corrected chi connectivity index (χ4v) is 3.97. The van der Waals surface area contributed by atoms with Crippen LogP contribution in [0, 0.1) is 0 Å². The highest BCUT2D eigenvalue weighted by atomic mass is 16.2. The summed E-state index contributed by atoms with van der Waals surface area (Å²) in [5.41, 5.74) is 17.8. The Balaban J connectivity index is 2.19. The molecule has 0 radical (unpaired) electrons. The number of hydrogen-bond acceptors (Lipinski definition) is 4. The number of nitrogens with one attached hydrogen (secondary N) is 1. The minimum absolute atomic E-state index is 0.0240. The third kappa shape index (κ3) is 7.33. The van der Waals surface area contributed by atoms with Crippen LogP contribution in [0.25, 0.3) is 0 Å². The smallest absolute Gasteiger partial charge is 0.243 e. The normalized spacial score (nSPS) is 16.3. The van der Waals surface area contributed by atoms with Crippen LogP contribution >= 0.6 is 0 Å². The van der Waals surface area contributed by atoms with E-state index in [1.165, 1.54) is 0 Å². The Morgan fingerprint density at radius 3 is 2.43 bits per heavy atom. The van der Waals surface area contributed by atoms with E-state index in [0.29, 0.717) is 25.9 Å². The van der Waals surface area contributed by atoms with Gasteiger partial charge in [-0.3, -0.25) is 14.6 Å². The number of hydrogen-bond donors (Lipinski definition) is 4. The van der Waals surface area contributed by atoms with Gasteiger partial charge >= 0.3 is 0 Å². The molecule has 2 amide bonds. The van der Waals surface area contributed by atoms with Crippen LogP contribution in [0.15, 0.2) is 35.3 Å². The molecular weight excluding hydrogens is 380 g/mol. The second kappa shape index (κ2) is 12.2. The van der Waals surface area contributed by atoms with Crippen LogP contribution in [0.5, 0.6) is 0 Å². The first-order chi connectivity index (χ1) is 14.4. The lowest BCUT2D eigenvalue weighted by Gasteiger charge is -2.40. The first-order valence-electron chi connectivity index (χ1n) is 10.8. The number of guanidine groups is 1. The van der Waals surface area contributed by atoms with E-state index in [2.05, 4.69) is 10.3 Å². The summed E-state index contributed by atoms with van der Waals surface area (Å²) in [4.78, 5) is 32.0. The zero-order valence-corrected chi connectivity index (χ0v) is 17.9. The molecule has 0 bridgehead atoms. The number of nitrogens with zero attached hydrogens (tertiary/aromatic N) is 2. The summed E-state index contributed by atoms with van der Waals surface area (Å²) in [5, 5.41) is 3.00. The monoisotopic (exact) mass is 416 g/mol. The van der Waals surface area contributed by atoms with Crippen LogP contribution in [-0.2, 0) is 16.1 Å². The molecule has 2 rings (SSSR count). The summed E-state index contributed by atoms with van der Waals surface area (Å²) in [6.07, 6.45) is 6.14. The molecular formula is C22H36N6O2.